The minimum atomic E-state index is -1.03. The molecule has 0 saturated carbocycles. The summed E-state index contributed by atoms with van der Waals surface area (Å²) in [6.07, 6.45) is 2.89. The summed E-state index contributed by atoms with van der Waals surface area (Å²) in [7, 11) is 0. The number of terminal acetylenes is 1. The molecular weight excluding hydrogens is 116 g/mol. The van der Waals surface area contributed by atoms with E-state index in [2.05, 4.69) is 11.8 Å². The molecule has 0 radical (unpaired) electrons. The van der Waals surface area contributed by atoms with Crippen molar-refractivity contribution in [2.24, 2.45) is 0 Å². The number of hydrogen-bond acceptors (Lipinski definition) is 2. The Labute approximate surface area is 54.5 Å². The number of aliphatic hydroxyl groups is 2. The van der Waals surface area contributed by atoms with Gasteiger partial charge in [0.2, 0.25) is 0 Å². The molecule has 0 aliphatic rings. The third-order valence-corrected chi connectivity index (χ3v) is 0.749. The highest BCUT2D eigenvalue weighted by Gasteiger charge is 2.04. The maximum absolute atomic E-state index is 8.74. The van der Waals surface area contributed by atoms with E-state index in [-0.39, 0.29) is 0 Å². The van der Waals surface area contributed by atoms with Crippen molar-refractivity contribution in [2.45, 2.75) is 19.1 Å². The highest BCUT2D eigenvalue weighted by molar-refractivity contribution is 5.23. The molecule has 0 aromatic heterocycles. The summed E-state index contributed by atoms with van der Waals surface area (Å²) in [6.45, 7) is 1.44. The van der Waals surface area contributed by atoms with Gasteiger partial charge in [0, 0.05) is 0 Å². The predicted octanol–water partition coefficient (Wildman–Crippen LogP) is -0.635. The molecule has 2 heteroatoms. The minimum Gasteiger partial charge on any atom is -0.390 e. The molecule has 0 fully saturated rings. The van der Waals surface area contributed by atoms with Crippen molar-refractivity contribution in [2.75, 3.05) is 0 Å². The molecule has 2 unspecified atom stereocenters. The van der Waals surface area contributed by atoms with Crippen LogP contribution in [0.5, 0.6) is 0 Å². The molecule has 0 aromatic carbocycles. The maximum Gasteiger partial charge on any atom is 0.141 e. The van der Waals surface area contributed by atoms with Crippen molar-refractivity contribution in [3.8, 4) is 24.2 Å². The molecule has 0 bridgehead atoms. The Hall–Kier alpha value is -0.960. The first-order valence-corrected chi connectivity index (χ1v) is 2.50. The van der Waals surface area contributed by atoms with E-state index >= 15 is 0 Å². The Balaban J connectivity index is 3.79. The second-order valence-corrected chi connectivity index (χ2v) is 1.60. The van der Waals surface area contributed by atoms with E-state index < -0.39 is 12.2 Å². The van der Waals surface area contributed by atoms with Gasteiger partial charge in [-0.2, -0.15) is 0 Å². The molecule has 2 N–H and O–H groups in total. The second kappa shape index (κ2) is 3.97. The van der Waals surface area contributed by atoms with Crippen LogP contribution in [0, 0.1) is 24.2 Å². The van der Waals surface area contributed by atoms with Crippen molar-refractivity contribution >= 4 is 0 Å². The lowest BCUT2D eigenvalue weighted by molar-refractivity contribution is 0.0678. The van der Waals surface area contributed by atoms with Crippen LogP contribution in [0.1, 0.15) is 6.92 Å². The fourth-order valence-corrected chi connectivity index (χ4v) is 0.236. The molecule has 0 spiro atoms. The largest absolute Gasteiger partial charge is 0.390 e. The summed E-state index contributed by atoms with van der Waals surface area (Å²) in [5.74, 6) is 6.47. The van der Waals surface area contributed by atoms with Gasteiger partial charge in [-0.15, -0.1) is 6.42 Å². The molecule has 0 heterocycles. The molecule has 2 atom stereocenters. The molecule has 2 nitrogen and oxygen atoms in total. The Bertz CT molecular complexity index is 166. The molecule has 0 aromatic rings. The average Bonchev–Trinajstić information content (AvgIpc) is 1.82. The zero-order valence-corrected chi connectivity index (χ0v) is 5.13. The topological polar surface area (TPSA) is 40.5 Å². The molecule has 0 rings (SSSR count). The highest BCUT2D eigenvalue weighted by atomic mass is 16.3. The van der Waals surface area contributed by atoms with E-state index in [1.807, 2.05) is 5.92 Å². The van der Waals surface area contributed by atoms with E-state index in [1.165, 1.54) is 6.92 Å². The minimum absolute atomic E-state index is 0.842. The van der Waals surface area contributed by atoms with Gasteiger partial charge in [0.05, 0.1) is 6.10 Å². The number of rotatable bonds is 1. The zero-order chi connectivity index (χ0) is 7.28. The summed E-state index contributed by atoms with van der Waals surface area (Å²) in [4.78, 5) is 0. The Morgan fingerprint density at radius 2 is 2.00 bits per heavy atom. The summed E-state index contributed by atoms with van der Waals surface area (Å²) in [5.41, 5.74) is 0. The van der Waals surface area contributed by atoms with Crippen LogP contribution in [0.3, 0.4) is 0 Å². The van der Waals surface area contributed by atoms with Gasteiger partial charge in [-0.1, -0.05) is 5.92 Å². The van der Waals surface area contributed by atoms with Crippen molar-refractivity contribution in [3.05, 3.63) is 0 Å². The highest BCUT2D eigenvalue weighted by Crippen LogP contribution is 1.87. The van der Waals surface area contributed by atoms with Crippen LogP contribution >= 0.6 is 0 Å². The van der Waals surface area contributed by atoms with Gasteiger partial charge in [0.1, 0.15) is 6.10 Å². The third kappa shape index (κ3) is 3.61. The standard InChI is InChI=1S/C7H8O2/c1-3-4-5-7(9)6(2)8/h1,6-9H,2H3. The van der Waals surface area contributed by atoms with Crippen LogP contribution in [0.4, 0.5) is 0 Å². The first-order chi connectivity index (χ1) is 4.18. The predicted molar refractivity (Wildman–Crippen MR) is 34.3 cm³/mol. The van der Waals surface area contributed by atoms with Gasteiger partial charge in [-0.05, 0) is 18.8 Å². The Kier molecular flexibility index (Phi) is 3.55. The van der Waals surface area contributed by atoms with Gasteiger partial charge in [-0.3, -0.25) is 0 Å². The summed E-state index contributed by atoms with van der Waals surface area (Å²) in [6, 6.07) is 0. The van der Waals surface area contributed by atoms with Gasteiger partial charge >= 0.3 is 0 Å². The van der Waals surface area contributed by atoms with Crippen molar-refractivity contribution in [3.63, 3.8) is 0 Å². The van der Waals surface area contributed by atoms with Crippen molar-refractivity contribution in [1.82, 2.24) is 0 Å². The zero-order valence-electron chi connectivity index (χ0n) is 5.13. The van der Waals surface area contributed by atoms with E-state index in [0.717, 1.165) is 0 Å². The lowest BCUT2D eigenvalue weighted by atomic mass is 10.2. The lowest BCUT2D eigenvalue weighted by Gasteiger charge is -2.03. The monoisotopic (exact) mass is 124 g/mol. The summed E-state index contributed by atoms with van der Waals surface area (Å²) < 4.78 is 0. The van der Waals surface area contributed by atoms with E-state index in [1.54, 1.807) is 0 Å². The van der Waals surface area contributed by atoms with Crippen LogP contribution in [-0.2, 0) is 0 Å². The number of aliphatic hydroxyl groups excluding tert-OH is 2. The van der Waals surface area contributed by atoms with Gasteiger partial charge in [-0.25, -0.2) is 0 Å². The van der Waals surface area contributed by atoms with Crippen LogP contribution in [0.2, 0.25) is 0 Å². The smallest absolute Gasteiger partial charge is 0.141 e. The third-order valence-electron chi connectivity index (χ3n) is 0.749. The molecule has 0 saturated heterocycles. The molecule has 0 amide bonds. The quantitative estimate of drug-likeness (QED) is 0.457. The normalized spacial score (nSPS) is 14.4. The van der Waals surface area contributed by atoms with Gasteiger partial charge in [0.25, 0.3) is 0 Å². The summed E-state index contributed by atoms with van der Waals surface area (Å²) >= 11 is 0. The Morgan fingerprint density at radius 1 is 1.44 bits per heavy atom. The van der Waals surface area contributed by atoms with Gasteiger partial charge in [0.15, 0.2) is 0 Å². The Morgan fingerprint density at radius 3 is 2.33 bits per heavy atom. The number of hydrogen-bond donors (Lipinski definition) is 2. The second-order valence-electron chi connectivity index (χ2n) is 1.60. The average molecular weight is 124 g/mol. The fourth-order valence-electron chi connectivity index (χ4n) is 0.236. The van der Waals surface area contributed by atoms with Crippen LogP contribution in [0.25, 0.3) is 0 Å². The first kappa shape index (κ1) is 8.04. The van der Waals surface area contributed by atoms with Crippen LogP contribution in [0.15, 0.2) is 0 Å². The maximum atomic E-state index is 8.74. The van der Waals surface area contributed by atoms with E-state index in [0.29, 0.717) is 0 Å². The van der Waals surface area contributed by atoms with Crippen molar-refractivity contribution < 1.29 is 10.2 Å². The fraction of sp³-hybridized carbons (Fsp3) is 0.429. The van der Waals surface area contributed by atoms with Crippen LogP contribution in [-0.4, -0.2) is 22.4 Å². The molecular formula is C7H8O2. The van der Waals surface area contributed by atoms with Crippen molar-refractivity contribution in [1.29, 1.82) is 0 Å². The van der Waals surface area contributed by atoms with Gasteiger partial charge < -0.3 is 10.2 Å². The summed E-state index contributed by atoms with van der Waals surface area (Å²) in [5, 5.41) is 17.4. The molecule has 0 aliphatic carbocycles. The van der Waals surface area contributed by atoms with E-state index in [9.17, 15) is 0 Å². The first-order valence-electron chi connectivity index (χ1n) is 2.50. The molecule has 48 valence electrons. The lowest BCUT2D eigenvalue weighted by Crippen LogP contribution is -2.19. The molecule has 9 heavy (non-hydrogen) atoms. The van der Waals surface area contributed by atoms with E-state index in [4.69, 9.17) is 16.6 Å². The SMILES string of the molecule is C#CC#CC(O)C(C)O. The van der Waals surface area contributed by atoms with Crippen LogP contribution < -0.4 is 0 Å². The molecule has 0 aliphatic heterocycles.